The highest BCUT2D eigenvalue weighted by molar-refractivity contribution is 7.87. The third-order valence-corrected chi connectivity index (χ3v) is 3.67. The van der Waals surface area contributed by atoms with E-state index >= 15 is 0 Å². The van der Waals surface area contributed by atoms with Crippen LogP contribution < -0.4 is 0 Å². The van der Waals surface area contributed by atoms with E-state index in [4.69, 9.17) is 9.84 Å². The van der Waals surface area contributed by atoms with Crippen LogP contribution in [0.5, 0.6) is 0 Å². The number of carbonyl (C=O) groups is 1. The number of hydrogen-bond donors (Lipinski definition) is 3. The van der Waals surface area contributed by atoms with Gasteiger partial charge in [-0.25, -0.2) is 0 Å². The Morgan fingerprint density at radius 3 is 2.23 bits per heavy atom. The van der Waals surface area contributed by atoms with Crippen molar-refractivity contribution >= 4 is 16.1 Å². The lowest BCUT2D eigenvalue weighted by Crippen LogP contribution is -2.61. The van der Waals surface area contributed by atoms with Gasteiger partial charge in [-0.05, 0) is 0 Å². The molecule has 0 bridgehead atoms. The monoisotopic (exact) mass is 354 g/mol. The fraction of sp³-hybridized carbons (Fsp3) is 0.889. The first-order chi connectivity index (χ1) is 9.90. The maximum Gasteiger partial charge on any atom is 0.523 e. The van der Waals surface area contributed by atoms with Crippen LogP contribution in [-0.4, -0.2) is 72.5 Å². The minimum absolute atomic E-state index is 0.837. The van der Waals surface area contributed by atoms with Crippen molar-refractivity contribution in [1.82, 2.24) is 0 Å². The first-order valence-corrected chi connectivity index (χ1v) is 7.10. The van der Waals surface area contributed by atoms with Gasteiger partial charge in [0.2, 0.25) is 6.29 Å². The predicted octanol–water partition coefficient (Wildman–Crippen LogP) is -1.78. The van der Waals surface area contributed by atoms with Crippen molar-refractivity contribution in [2.75, 3.05) is 6.61 Å². The van der Waals surface area contributed by atoms with Crippen LogP contribution in [0.1, 0.15) is 6.92 Å². The zero-order chi connectivity index (χ0) is 17.3. The topological polar surface area (TPSA) is 140 Å². The molecule has 0 radical (unpaired) electrons. The Balaban J connectivity index is 3.08. The summed E-state index contributed by atoms with van der Waals surface area (Å²) >= 11 is 0. The van der Waals surface area contributed by atoms with Crippen molar-refractivity contribution in [2.24, 2.45) is 0 Å². The van der Waals surface area contributed by atoms with Gasteiger partial charge in [-0.1, -0.05) is 0 Å². The number of alkyl halides is 3. The van der Waals surface area contributed by atoms with E-state index in [1.165, 1.54) is 0 Å². The number of carbonyl (C=O) groups excluding carboxylic acids is 1. The van der Waals surface area contributed by atoms with E-state index in [1.807, 2.05) is 0 Å². The molecule has 0 aromatic rings. The van der Waals surface area contributed by atoms with E-state index in [0.29, 0.717) is 0 Å². The number of aliphatic hydroxyl groups is 3. The first kappa shape index (κ1) is 19.1. The predicted molar refractivity (Wildman–Crippen MR) is 59.4 cm³/mol. The summed E-state index contributed by atoms with van der Waals surface area (Å²) in [6.07, 6.45) is -10.2. The molecule has 0 aromatic heterocycles. The van der Waals surface area contributed by atoms with Crippen LogP contribution in [0.25, 0.3) is 0 Å². The van der Waals surface area contributed by atoms with E-state index < -0.39 is 58.9 Å². The largest absolute Gasteiger partial charge is 0.523 e. The Kier molecular flexibility index (Phi) is 5.75. The van der Waals surface area contributed by atoms with E-state index in [1.54, 1.807) is 0 Å². The van der Waals surface area contributed by atoms with Crippen molar-refractivity contribution in [3.05, 3.63) is 0 Å². The fourth-order valence-corrected chi connectivity index (χ4v) is 2.22. The van der Waals surface area contributed by atoms with Crippen LogP contribution in [0, 0.1) is 0 Å². The molecule has 5 atom stereocenters. The van der Waals surface area contributed by atoms with E-state index in [2.05, 4.69) is 8.92 Å². The van der Waals surface area contributed by atoms with Crippen LogP contribution in [0.2, 0.25) is 0 Å². The van der Waals surface area contributed by atoms with Gasteiger partial charge >= 0.3 is 21.6 Å². The van der Waals surface area contributed by atoms with Gasteiger partial charge in [-0.3, -0.25) is 8.98 Å². The molecule has 1 aliphatic rings. The molecule has 130 valence electrons. The Bertz CT molecular complexity index is 505. The van der Waals surface area contributed by atoms with Crippen LogP contribution in [0.3, 0.4) is 0 Å². The second-order valence-electron chi connectivity index (χ2n) is 4.28. The highest BCUT2D eigenvalue weighted by Gasteiger charge is 2.54. The van der Waals surface area contributed by atoms with Gasteiger partial charge in [0.25, 0.3) is 0 Å². The van der Waals surface area contributed by atoms with Gasteiger partial charge in [0.15, 0.2) is 6.10 Å². The molecule has 0 amide bonds. The summed E-state index contributed by atoms with van der Waals surface area (Å²) in [6.45, 7) is -0.0429. The summed E-state index contributed by atoms with van der Waals surface area (Å²) in [5, 5.41) is 28.1. The smallest absolute Gasteiger partial charge is 0.433 e. The molecule has 1 fully saturated rings. The molecule has 1 rings (SSSR count). The Morgan fingerprint density at radius 2 is 1.82 bits per heavy atom. The third kappa shape index (κ3) is 4.05. The molecule has 3 N–H and O–H groups in total. The van der Waals surface area contributed by atoms with Gasteiger partial charge in [-0.2, -0.15) is 21.6 Å². The lowest BCUT2D eigenvalue weighted by Gasteiger charge is -2.40. The maximum atomic E-state index is 12.3. The van der Waals surface area contributed by atoms with Crippen LogP contribution in [-0.2, 0) is 28.6 Å². The van der Waals surface area contributed by atoms with E-state index in [-0.39, 0.29) is 0 Å². The molecular formula is C9H13F3O9S. The van der Waals surface area contributed by atoms with E-state index in [9.17, 15) is 36.6 Å². The highest BCUT2D eigenvalue weighted by atomic mass is 32.2. The molecule has 1 heterocycles. The molecule has 0 aromatic carbocycles. The molecular weight excluding hydrogens is 341 g/mol. The average Bonchev–Trinajstić information content (AvgIpc) is 2.36. The van der Waals surface area contributed by atoms with Gasteiger partial charge in [0.1, 0.15) is 18.3 Å². The van der Waals surface area contributed by atoms with Crippen molar-refractivity contribution in [3.63, 3.8) is 0 Å². The maximum absolute atomic E-state index is 12.3. The molecule has 9 nitrogen and oxygen atoms in total. The van der Waals surface area contributed by atoms with Gasteiger partial charge in [0.05, 0.1) is 6.61 Å². The normalized spacial score (nSPS) is 33.5. The van der Waals surface area contributed by atoms with Crippen LogP contribution in [0.4, 0.5) is 13.2 Å². The number of aliphatic hydroxyl groups excluding tert-OH is 3. The summed E-state index contributed by atoms with van der Waals surface area (Å²) in [7, 11) is -6.15. The summed E-state index contributed by atoms with van der Waals surface area (Å²) in [5.74, 6) is -1.08. The Hall–Kier alpha value is -0.990. The van der Waals surface area contributed by atoms with Crippen LogP contribution in [0.15, 0.2) is 0 Å². The number of rotatable bonds is 4. The van der Waals surface area contributed by atoms with Gasteiger partial charge in [-0.15, -0.1) is 0 Å². The lowest BCUT2D eigenvalue weighted by molar-refractivity contribution is -0.287. The molecule has 0 unspecified atom stereocenters. The molecule has 1 aliphatic heterocycles. The quantitative estimate of drug-likeness (QED) is 0.304. The second-order valence-corrected chi connectivity index (χ2v) is 5.84. The number of hydrogen-bond acceptors (Lipinski definition) is 9. The summed E-state index contributed by atoms with van der Waals surface area (Å²) in [4.78, 5) is 10.9. The summed E-state index contributed by atoms with van der Waals surface area (Å²) in [5.41, 5.74) is -5.80. The molecule has 0 saturated carbocycles. The molecule has 0 aliphatic carbocycles. The zero-order valence-electron chi connectivity index (χ0n) is 10.9. The lowest BCUT2D eigenvalue weighted by atomic mass is 9.99. The Morgan fingerprint density at radius 1 is 1.27 bits per heavy atom. The standard InChI is InChI=1S/C9H13F3O9S/c1-3(14)19-8-7(21-22(17,18)9(10,11)12)6(16)5(15)4(2-13)20-8/h4-8,13,15-16H,2H2,1H3/t4-,5-,6+,7+,8-/m1/s1. The molecule has 13 heteroatoms. The second kappa shape index (κ2) is 6.64. The minimum Gasteiger partial charge on any atom is -0.433 e. The van der Waals surface area contributed by atoms with Gasteiger partial charge < -0.3 is 24.8 Å². The summed E-state index contributed by atoms with van der Waals surface area (Å²) < 4.78 is 71.8. The first-order valence-electron chi connectivity index (χ1n) is 5.70. The molecule has 1 saturated heterocycles. The fourth-order valence-electron chi connectivity index (χ4n) is 1.62. The van der Waals surface area contributed by atoms with Crippen molar-refractivity contribution < 1.29 is 55.4 Å². The van der Waals surface area contributed by atoms with Crippen molar-refractivity contribution in [1.29, 1.82) is 0 Å². The number of halogens is 3. The molecule has 0 spiro atoms. The van der Waals surface area contributed by atoms with E-state index in [0.717, 1.165) is 6.92 Å². The number of ether oxygens (including phenoxy) is 2. The summed E-state index contributed by atoms with van der Waals surface area (Å²) in [6, 6.07) is 0. The zero-order valence-corrected chi connectivity index (χ0v) is 11.7. The van der Waals surface area contributed by atoms with Crippen molar-refractivity contribution in [3.8, 4) is 0 Å². The SMILES string of the molecule is CC(=O)O[C@@H]1O[C@H](CO)[C@@H](O)[C@H](O)[C@@H]1OS(=O)(=O)C(F)(F)F. The molecule has 22 heavy (non-hydrogen) atoms. The van der Waals surface area contributed by atoms with Crippen molar-refractivity contribution in [2.45, 2.75) is 43.1 Å². The van der Waals surface area contributed by atoms with Gasteiger partial charge in [0, 0.05) is 6.92 Å². The Labute approximate surface area is 122 Å². The average molecular weight is 354 g/mol. The minimum atomic E-state index is -6.15. The third-order valence-electron chi connectivity index (χ3n) is 2.63. The number of esters is 1. The highest BCUT2D eigenvalue weighted by Crippen LogP contribution is 2.31. The van der Waals surface area contributed by atoms with Crippen LogP contribution >= 0.6 is 0 Å².